The van der Waals surface area contributed by atoms with Gasteiger partial charge >= 0.3 is 0 Å². The molecule has 2 N–H and O–H groups in total. The number of fused-ring (bicyclic) bond motifs is 1. The topological polar surface area (TPSA) is 125 Å². The minimum Gasteiger partial charge on any atom is -0.388 e. The van der Waals surface area contributed by atoms with E-state index in [9.17, 15) is 18.3 Å². The number of sulfonamides is 1. The lowest BCUT2D eigenvalue weighted by molar-refractivity contribution is -0.120. The number of aliphatic hydroxyl groups is 1. The summed E-state index contributed by atoms with van der Waals surface area (Å²) in [4.78, 5) is 23.6. The molecule has 10 nitrogen and oxygen atoms in total. The molecule has 1 saturated heterocycles. The van der Waals surface area contributed by atoms with Gasteiger partial charge in [0, 0.05) is 44.4 Å². The van der Waals surface area contributed by atoms with Crippen LogP contribution in [-0.2, 0) is 26.0 Å². The third kappa shape index (κ3) is 4.75. The smallest absolute Gasteiger partial charge is 0.228 e. The number of carbonyl (C=O) groups is 1. The molecular weight excluding hydrogens is 434 g/mol. The van der Waals surface area contributed by atoms with Crippen molar-refractivity contribution in [1.82, 2.24) is 14.3 Å². The van der Waals surface area contributed by atoms with Crippen LogP contribution in [0.4, 0.5) is 11.8 Å². The summed E-state index contributed by atoms with van der Waals surface area (Å²) in [6.07, 6.45) is 6.33. The number of methoxy groups -OCH3 is 1. The van der Waals surface area contributed by atoms with Crippen LogP contribution in [0.2, 0.25) is 0 Å². The van der Waals surface area contributed by atoms with Gasteiger partial charge in [0.25, 0.3) is 0 Å². The number of aryl methyl sites for hydroxylation is 1. The number of rotatable bonds is 7. The zero-order chi connectivity index (χ0) is 22.9. The fraction of sp³-hybridized carbons (Fsp3) is 0.762. The molecule has 2 atom stereocenters. The zero-order valence-electron chi connectivity index (χ0n) is 18.8. The summed E-state index contributed by atoms with van der Waals surface area (Å²) in [6, 6.07) is -0.235. The second kappa shape index (κ2) is 9.20. The van der Waals surface area contributed by atoms with E-state index in [-0.39, 0.29) is 30.4 Å². The average molecular weight is 468 g/mol. The number of nitrogens with zero attached hydrogens (tertiary/aromatic N) is 4. The molecule has 32 heavy (non-hydrogen) atoms. The Kier molecular flexibility index (Phi) is 6.71. The number of hydrogen-bond acceptors (Lipinski definition) is 8. The molecule has 0 spiro atoms. The maximum absolute atomic E-state index is 12.8. The van der Waals surface area contributed by atoms with Crippen LogP contribution in [-0.4, -0.2) is 83.9 Å². The molecule has 1 aliphatic carbocycles. The Bertz CT molecular complexity index is 946. The molecule has 3 aliphatic rings. The van der Waals surface area contributed by atoms with E-state index in [1.54, 1.807) is 18.0 Å². The van der Waals surface area contributed by atoms with Crippen molar-refractivity contribution in [2.24, 2.45) is 0 Å². The van der Waals surface area contributed by atoms with Gasteiger partial charge < -0.3 is 15.2 Å². The maximum atomic E-state index is 12.8. The number of hydrogen-bond donors (Lipinski definition) is 2. The molecule has 1 amide bonds. The van der Waals surface area contributed by atoms with Crippen LogP contribution in [0.15, 0.2) is 6.20 Å². The summed E-state index contributed by atoms with van der Waals surface area (Å²) in [5, 5.41) is 14.1. The Morgan fingerprint density at radius 1 is 1.28 bits per heavy atom. The Morgan fingerprint density at radius 2 is 2.03 bits per heavy atom. The van der Waals surface area contributed by atoms with Crippen LogP contribution in [0, 0.1) is 0 Å². The van der Waals surface area contributed by atoms with E-state index in [4.69, 9.17) is 4.74 Å². The predicted molar refractivity (Wildman–Crippen MR) is 120 cm³/mol. The highest BCUT2D eigenvalue weighted by Gasteiger charge is 2.45. The first kappa shape index (κ1) is 23.3. The SMILES string of the molecule is COCCS(=O)(=O)N1CCC(Nc2ncc3c(n2)N([C@@H]2CCC[C@@]2(C)O)C(=O)CC3)CC1. The number of anilines is 2. The monoisotopic (exact) mass is 467 g/mol. The van der Waals surface area contributed by atoms with E-state index in [2.05, 4.69) is 15.3 Å². The lowest BCUT2D eigenvalue weighted by Gasteiger charge is -2.39. The van der Waals surface area contributed by atoms with Gasteiger partial charge in [0.15, 0.2) is 0 Å². The van der Waals surface area contributed by atoms with Gasteiger partial charge in [-0.15, -0.1) is 0 Å². The lowest BCUT2D eigenvalue weighted by Crippen LogP contribution is -2.52. The second-order valence-electron chi connectivity index (χ2n) is 9.20. The molecular formula is C21H33N5O5S. The maximum Gasteiger partial charge on any atom is 0.228 e. The van der Waals surface area contributed by atoms with E-state index in [0.717, 1.165) is 18.4 Å². The quantitative estimate of drug-likeness (QED) is 0.606. The molecule has 1 aromatic heterocycles. The number of nitrogens with one attached hydrogen (secondary N) is 1. The molecule has 178 valence electrons. The fourth-order valence-corrected chi connectivity index (χ4v) is 6.37. The Morgan fingerprint density at radius 3 is 2.69 bits per heavy atom. The molecule has 11 heteroatoms. The van der Waals surface area contributed by atoms with Crippen molar-refractivity contribution in [3.63, 3.8) is 0 Å². The average Bonchev–Trinajstić information content (AvgIpc) is 3.11. The van der Waals surface area contributed by atoms with E-state index >= 15 is 0 Å². The fourth-order valence-electron chi connectivity index (χ4n) is 4.97. The first-order valence-corrected chi connectivity index (χ1v) is 13.0. The highest BCUT2D eigenvalue weighted by atomic mass is 32.2. The minimum atomic E-state index is -3.31. The lowest BCUT2D eigenvalue weighted by atomic mass is 9.95. The van der Waals surface area contributed by atoms with Crippen molar-refractivity contribution in [3.8, 4) is 0 Å². The van der Waals surface area contributed by atoms with Gasteiger partial charge in [-0.3, -0.25) is 9.69 Å². The Labute approximate surface area is 189 Å². The molecule has 1 saturated carbocycles. The van der Waals surface area contributed by atoms with E-state index in [1.807, 2.05) is 0 Å². The van der Waals surface area contributed by atoms with Crippen molar-refractivity contribution < 1.29 is 23.1 Å². The second-order valence-corrected chi connectivity index (χ2v) is 11.3. The van der Waals surface area contributed by atoms with Crippen LogP contribution in [0.1, 0.15) is 51.0 Å². The number of aromatic nitrogens is 2. The van der Waals surface area contributed by atoms with Gasteiger partial charge in [-0.1, -0.05) is 0 Å². The third-order valence-electron chi connectivity index (χ3n) is 6.86. The number of carbonyl (C=O) groups excluding carboxylic acids is 1. The normalized spacial score (nSPS) is 27.5. The van der Waals surface area contributed by atoms with Gasteiger partial charge in [-0.05, 0) is 45.4 Å². The summed E-state index contributed by atoms with van der Waals surface area (Å²) in [5.74, 6) is 1.00. The van der Waals surface area contributed by atoms with Crippen molar-refractivity contribution >= 4 is 27.7 Å². The summed E-state index contributed by atoms with van der Waals surface area (Å²) < 4.78 is 31.1. The van der Waals surface area contributed by atoms with E-state index in [0.29, 0.717) is 57.0 Å². The van der Waals surface area contributed by atoms with Crippen LogP contribution in [0.3, 0.4) is 0 Å². The summed E-state index contributed by atoms with van der Waals surface area (Å²) in [6.45, 7) is 2.85. The molecule has 0 bridgehead atoms. The van der Waals surface area contributed by atoms with Gasteiger partial charge in [0.2, 0.25) is 21.9 Å². The van der Waals surface area contributed by atoms with Crippen LogP contribution < -0.4 is 10.2 Å². The highest BCUT2D eigenvalue weighted by Crippen LogP contribution is 2.39. The van der Waals surface area contributed by atoms with Crippen molar-refractivity contribution in [2.75, 3.05) is 42.8 Å². The number of ether oxygens (including phenoxy) is 1. The Balaban J connectivity index is 1.45. The largest absolute Gasteiger partial charge is 0.388 e. The van der Waals surface area contributed by atoms with Crippen molar-refractivity contribution in [3.05, 3.63) is 11.8 Å². The van der Waals surface area contributed by atoms with Crippen molar-refractivity contribution in [2.45, 2.75) is 69.6 Å². The summed E-state index contributed by atoms with van der Waals surface area (Å²) in [5.41, 5.74) is -0.0128. The summed E-state index contributed by atoms with van der Waals surface area (Å²) >= 11 is 0. The highest BCUT2D eigenvalue weighted by molar-refractivity contribution is 7.89. The molecule has 3 heterocycles. The van der Waals surface area contributed by atoms with Gasteiger partial charge in [-0.25, -0.2) is 17.7 Å². The molecule has 4 rings (SSSR count). The van der Waals surface area contributed by atoms with E-state index < -0.39 is 15.6 Å². The molecule has 0 aromatic carbocycles. The van der Waals surface area contributed by atoms with E-state index in [1.165, 1.54) is 11.4 Å². The molecule has 2 aliphatic heterocycles. The Hall–Kier alpha value is -1.82. The van der Waals surface area contributed by atoms with Crippen LogP contribution in [0.25, 0.3) is 0 Å². The molecule has 0 unspecified atom stereocenters. The van der Waals surface area contributed by atoms with Gasteiger partial charge in [0.1, 0.15) is 5.82 Å². The third-order valence-corrected chi connectivity index (χ3v) is 8.70. The summed E-state index contributed by atoms with van der Waals surface area (Å²) in [7, 11) is -1.81. The predicted octanol–water partition coefficient (Wildman–Crippen LogP) is 0.912. The molecule has 0 radical (unpaired) electrons. The standard InChI is InChI=1S/C21H33N5O5S/c1-21(28)9-3-4-17(21)26-18(27)6-5-15-14-22-20(24-19(15)26)23-16-7-10-25(11-8-16)32(29,30)13-12-31-2/h14,16-17,28H,3-13H2,1-2H3,(H,22,23,24)/t17-,21-/m1/s1. The van der Waals surface area contributed by atoms with Gasteiger partial charge in [0.05, 0.1) is 24.0 Å². The van der Waals surface area contributed by atoms with Crippen LogP contribution in [0.5, 0.6) is 0 Å². The van der Waals surface area contributed by atoms with Gasteiger partial charge in [-0.2, -0.15) is 4.98 Å². The first-order valence-electron chi connectivity index (χ1n) is 11.3. The minimum absolute atomic E-state index is 0.00959. The number of piperidine rings is 1. The molecule has 1 aromatic rings. The first-order chi connectivity index (χ1) is 15.2. The molecule has 2 fully saturated rings. The van der Waals surface area contributed by atoms with Crippen molar-refractivity contribution in [1.29, 1.82) is 0 Å². The zero-order valence-corrected chi connectivity index (χ0v) is 19.6. The van der Waals surface area contributed by atoms with Crippen LogP contribution >= 0.6 is 0 Å². The number of amides is 1.